The van der Waals surface area contributed by atoms with E-state index in [1.165, 1.54) is 32.1 Å². The molecule has 0 aromatic heterocycles. The van der Waals surface area contributed by atoms with Crippen molar-refractivity contribution in [3.8, 4) is 0 Å². The Morgan fingerprint density at radius 1 is 0.920 bits per heavy atom. The summed E-state index contributed by atoms with van der Waals surface area (Å²) in [7, 11) is 0. The van der Waals surface area contributed by atoms with Gasteiger partial charge in [0.05, 0.1) is 16.6 Å². The Balaban J connectivity index is 2.23. The summed E-state index contributed by atoms with van der Waals surface area (Å²) in [4.78, 5) is 8.42. The summed E-state index contributed by atoms with van der Waals surface area (Å²) < 4.78 is 0. The molecular weight excluding hydrogens is 359 g/mol. The zero-order valence-corrected chi connectivity index (χ0v) is 16.2. The maximum atomic E-state index is 5.96. The van der Waals surface area contributed by atoms with E-state index in [0.717, 1.165) is 12.0 Å². The Kier molecular flexibility index (Phi) is 10.8. The lowest BCUT2D eigenvalue weighted by atomic mass is 10.1. The number of guanidine groups is 2. The minimum atomic E-state index is 0.212. The second kappa shape index (κ2) is 12.7. The van der Waals surface area contributed by atoms with Gasteiger partial charge in [-0.2, -0.15) is 0 Å². The zero-order valence-electron chi connectivity index (χ0n) is 14.7. The second-order valence-corrected chi connectivity index (χ2v) is 6.55. The Bertz CT molecular complexity index is 574. The van der Waals surface area contributed by atoms with E-state index < -0.39 is 0 Å². The third-order valence-corrected chi connectivity index (χ3v) is 4.27. The topological polar surface area (TPSA) is 101 Å². The molecule has 0 aliphatic carbocycles. The molecule has 0 aliphatic heterocycles. The van der Waals surface area contributed by atoms with Crippen molar-refractivity contribution in [2.75, 3.05) is 6.54 Å². The summed E-state index contributed by atoms with van der Waals surface area (Å²) in [5, 5.41) is 1.00. The number of hydrogen-bond acceptors (Lipinski definition) is 2. The van der Waals surface area contributed by atoms with Crippen LogP contribution >= 0.6 is 23.2 Å². The van der Waals surface area contributed by atoms with Gasteiger partial charge in [-0.3, -0.25) is 15.8 Å². The van der Waals surface area contributed by atoms with Gasteiger partial charge in [0.2, 0.25) is 11.9 Å². The highest BCUT2D eigenvalue weighted by Crippen LogP contribution is 2.22. The van der Waals surface area contributed by atoms with Crippen molar-refractivity contribution in [1.82, 2.24) is 10.9 Å². The third kappa shape index (κ3) is 10.0. The summed E-state index contributed by atoms with van der Waals surface area (Å²) >= 11 is 11.8. The highest BCUT2D eigenvalue weighted by Gasteiger charge is 1.99. The molecule has 1 rings (SSSR count). The fourth-order valence-corrected chi connectivity index (χ4v) is 2.43. The number of rotatable bonds is 9. The molecule has 0 fully saturated rings. The summed E-state index contributed by atoms with van der Waals surface area (Å²) in [5.41, 5.74) is 17.9. The molecule has 0 saturated carbocycles. The van der Waals surface area contributed by atoms with E-state index in [1.807, 2.05) is 6.07 Å². The lowest BCUT2D eigenvalue weighted by Gasteiger charge is -2.08. The van der Waals surface area contributed by atoms with Crippen molar-refractivity contribution in [2.24, 2.45) is 21.5 Å². The minimum absolute atomic E-state index is 0.212. The van der Waals surface area contributed by atoms with E-state index in [2.05, 4.69) is 27.8 Å². The lowest BCUT2D eigenvalue weighted by Crippen LogP contribution is -2.48. The number of hydrazine groups is 1. The Morgan fingerprint density at radius 2 is 1.56 bits per heavy atom. The first kappa shape index (κ1) is 21.4. The first-order valence-electron chi connectivity index (χ1n) is 8.58. The van der Waals surface area contributed by atoms with Gasteiger partial charge in [-0.1, -0.05) is 68.3 Å². The fraction of sp³-hybridized carbons (Fsp3) is 0.529. The first-order valence-corrected chi connectivity index (χ1v) is 9.34. The molecule has 25 heavy (non-hydrogen) atoms. The van der Waals surface area contributed by atoms with Crippen LogP contribution in [-0.2, 0) is 6.54 Å². The normalized spacial score (nSPS) is 12.3. The SMILES string of the molecule is CCCCCCCCN=C(N)NNC(N)=NCc1ccc(Cl)c(Cl)c1. The Hall–Kier alpha value is -1.66. The first-order chi connectivity index (χ1) is 12.0. The van der Waals surface area contributed by atoms with Crippen molar-refractivity contribution in [3.05, 3.63) is 33.8 Å². The van der Waals surface area contributed by atoms with Gasteiger partial charge in [0, 0.05) is 6.54 Å². The maximum absolute atomic E-state index is 5.96. The van der Waals surface area contributed by atoms with E-state index in [1.54, 1.807) is 12.1 Å². The maximum Gasteiger partial charge on any atom is 0.208 e. The van der Waals surface area contributed by atoms with Crippen LogP contribution in [0.15, 0.2) is 28.2 Å². The molecule has 0 spiro atoms. The van der Waals surface area contributed by atoms with Crippen LogP contribution in [-0.4, -0.2) is 18.5 Å². The predicted octanol–water partition coefficient (Wildman–Crippen LogP) is 3.58. The van der Waals surface area contributed by atoms with Gasteiger partial charge in [-0.15, -0.1) is 0 Å². The van der Waals surface area contributed by atoms with E-state index in [-0.39, 0.29) is 5.96 Å². The summed E-state index contributed by atoms with van der Waals surface area (Å²) in [5.74, 6) is 0.505. The average molecular weight is 387 g/mol. The molecule has 8 heteroatoms. The van der Waals surface area contributed by atoms with Gasteiger partial charge in [0.1, 0.15) is 0 Å². The fourth-order valence-electron chi connectivity index (χ4n) is 2.11. The van der Waals surface area contributed by atoms with Crippen molar-refractivity contribution < 1.29 is 0 Å². The molecule has 0 aliphatic rings. The number of benzene rings is 1. The van der Waals surface area contributed by atoms with E-state index in [9.17, 15) is 0 Å². The van der Waals surface area contributed by atoms with Crippen LogP contribution in [0.5, 0.6) is 0 Å². The molecule has 1 aromatic rings. The zero-order chi connectivity index (χ0) is 18.5. The highest BCUT2D eigenvalue weighted by molar-refractivity contribution is 6.42. The van der Waals surface area contributed by atoms with Crippen LogP contribution < -0.4 is 22.3 Å². The molecule has 6 nitrogen and oxygen atoms in total. The third-order valence-electron chi connectivity index (χ3n) is 3.53. The molecule has 0 amide bonds. The van der Waals surface area contributed by atoms with Gasteiger partial charge >= 0.3 is 0 Å². The molecule has 0 saturated heterocycles. The number of nitrogens with zero attached hydrogens (tertiary/aromatic N) is 2. The van der Waals surface area contributed by atoms with Crippen molar-refractivity contribution in [3.63, 3.8) is 0 Å². The van der Waals surface area contributed by atoms with Crippen LogP contribution in [0, 0.1) is 0 Å². The van der Waals surface area contributed by atoms with Gasteiger partial charge in [-0.05, 0) is 24.1 Å². The van der Waals surface area contributed by atoms with E-state index in [0.29, 0.717) is 29.1 Å². The van der Waals surface area contributed by atoms with Gasteiger partial charge in [0.25, 0.3) is 0 Å². The number of hydrogen-bond donors (Lipinski definition) is 4. The molecule has 6 N–H and O–H groups in total. The van der Waals surface area contributed by atoms with Crippen LogP contribution in [0.4, 0.5) is 0 Å². The van der Waals surface area contributed by atoms with E-state index in [4.69, 9.17) is 34.7 Å². The van der Waals surface area contributed by atoms with Gasteiger partial charge in [-0.25, -0.2) is 4.99 Å². The van der Waals surface area contributed by atoms with Crippen LogP contribution in [0.2, 0.25) is 10.0 Å². The van der Waals surface area contributed by atoms with Gasteiger partial charge in [0.15, 0.2) is 0 Å². The number of nitrogens with two attached hydrogens (primary N) is 2. The molecule has 0 atom stereocenters. The smallest absolute Gasteiger partial charge is 0.208 e. The van der Waals surface area contributed by atoms with Gasteiger partial charge < -0.3 is 11.5 Å². The summed E-state index contributed by atoms with van der Waals surface area (Å²) in [6, 6.07) is 5.32. The number of unbranched alkanes of at least 4 members (excludes halogenated alkanes) is 5. The Morgan fingerprint density at radius 3 is 2.24 bits per heavy atom. The predicted molar refractivity (Wildman–Crippen MR) is 108 cm³/mol. The van der Waals surface area contributed by atoms with E-state index >= 15 is 0 Å². The molecule has 1 aromatic carbocycles. The summed E-state index contributed by atoms with van der Waals surface area (Å²) in [6.45, 7) is 3.29. The highest BCUT2D eigenvalue weighted by atomic mass is 35.5. The molecule has 140 valence electrons. The average Bonchev–Trinajstić information content (AvgIpc) is 2.60. The molecule has 0 heterocycles. The lowest BCUT2D eigenvalue weighted by molar-refractivity contribution is 0.611. The number of aliphatic imine (C=N–C) groups is 2. The van der Waals surface area contributed by atoms with Crippen molar-refractivity contribution in [2.45, 2.75) is 52.0 Å². The molecule has 0 unspecified atom stereocenters. The van der Waals surface area contributed by atoms with Crippen LogP contribution in [0.25, 0.3) is 0 Å². The monoisotopic (exact) mass is 386 g/mol. The number of nitrogens with one attached hydrogen (secondary N) is 2. The summed E-state index contributed by atoms with van der Waals surface area (Å²) in [6.07, 6.45) is 7.32. The van der Waals surface area contributed by atoms with Crippen LogP contribution in [0.3, 0.4) is 0 Å². The quantitative estimate of drug-likeness (QED) is 0.225. The minimum Gasteiger partial charge on any atom is -0.369 e. The van der Waals surface area contributed by atoms with Crippen molar-refractivity contribution >= 4 is 35.1 Å². The number of halogens is 2. The molecule has 0 bridgehead atoms. The molecular formula is C17H28Cl2N6. The standard InChI is InChI=1S/C17H28Cl2N6/c1-2-3-4-5-6-7-10-22-16(20)24-25-17(21)23-12-13-8-9-14(18)15(19)11-13/h8-9,11H,2-7,10,12H2,1H3,(H3,20,22,24)(H3,21,23,25). The largest absolute Gasteiger partial charge is 0.369 e. The second-order valence-electron chi connectivity index (χ2n) is 5.73. The van der Waals surface area contributed by atoms with Crippen molar-refractivity contribution in [1.29, 1.82) is 0 Å². The van der Waals surface area contributed by atoms with Crippen LogP contribution in [0.1, 0.15) is 51.0 Å². The molecule has 0 radical (unpaired) electrons. The Labute approximate surface area is 160 Å².